The van der Waals surface area contributed by atoms with Crippen LogP contribution < -0.4 is 10.9 Å². The van der Waals surface area contributed by atoms with Gasteiger partial charge in [-0.1, -0.05) is 13.3 Å². The molecule has 1 fully saturated rings. The average Bonchev–Trinajstić information content (AvgIpc) is 3.28. The fourth-order valence-corrected chi connectivity index (χ4v) is 6.99. The minimum atomic E-state index is -1.95. The Kier molecular flexibility index (Phi) is 5.35. The molecule has 1 amide bonds. The summed E-state index contributed by atoms with van der Waals surface area (Å²) in [7, 11) is 0. The third kappa shape index (κ3) is 3.26. The predicted octanol–water partition coefficient (Wildman–Crippen LogP) is 2.94. The summed E-state index contributed by atoms with van der Waals surface area (Å²) in [5.74, 6) is -1.59. The third-order valence-electron chi connectivity index (χ3n) is 9.39. The number of carbonyl (C=O) groups excluding carboxylic acids is 2. The van der Waals surface area contributed by atoms with Crippen molar-refractivity contribution in [1.29, 1.82) is 0 Å². The number of rotatable bonds is 4. The molecular formula is C30H30FN3O6. The molecule has 9 nitrogen and oxygen atoms in total. The van der Waals surface area contributed by atoms with E-state index in [-0.39, 0.29) is 42.1 Å². The number of cyclic esters (lactones) is 1. The number of benzene rings is 1. The van der Waals surface area contributed by atoms with Crippen molar-refractivity contribution in [3.8, 4) is 11.4 Å². The molecule has 0 spiro atoms. The van der Waals surface area contributed by atoms with Crippen LogP contribution in [0.1, 0.15) is 84.9 Å². The maximum Gasteiger partial charge on any atom is 0.343 e. The number of esters is 1. The molecular weight excluding hydrogens is 517 g/mol. The van der Waals surface area contributed by atoms with Gasteiger partial charge in [-0.3, -0.25) is 9.59 Å². The second kappa shape index (κ2) is 8.44. The van der Waals surface area contributed by atoms with Crippen molar-refractivity contribution in [2.45, 2.75) is 89.2 Å². The Labute approximate surface area is 229 Å². The highest BCUT2D eigenvalue weighted by atomic mass is 19.1. The third-order valence-corrected chi connectivity index (χ3v) is 9.39. The minimum absolute atomic E-state index is 0.0931. The van der Waals surface area contributed by atoms with Crippen molar-refractivity contribution in [3.63, 3.8) is 0 Å². The monoisotopic (exact) mass is 547 g/mol. The standard InChI is InChI=1S/C30H30FN3O6/c1-3-7-30(39)18-10-22-25-16(12-34(22)26(35)17(18)13-40-28(30)37)24-20(33-27(36)29(38)8-4-9-29)6-5-15-14(2)19(31)11-21(32-25)23(15)24/h10-11,20,38-39H,3-9,12-13H2,1-2H3,(H,33,36)/t20-,30-/m0/s1. The molecule has 0 radical (unpaired) electrons. The van der Waals surface area contributed by atoms with E-state index in [4.69, 9.17) is 9.72 Å². The molecule has 7 rings (SSSR count). The van der Waals surface area contributed by atoms with Crippen molar-refractivity contribution in [2.24, 2.45) is 0 Å². The first kappa shape index (κ1) is 25.3. The van der Waals surface area contributed by atoms with Crippen LogP contribution in [0.25, 0.3) is 22.3 Å². The number of amides is 1. The number of hydrogen-bond donors (Lipinski definition) is 3. The van der Waals surface area contributed by atoms with Gasteiger partial charge in [-0.05, 0) is 68.2 Å². The zero-order chi connectivity index (χ0) is 28.1. The fraction of sp³-hybridized carbons (Fsp3) is 0.467. The summed E-state index contributed by atoms with van der Waals surface area (Å²) in [6.07, 6.45) is 3.21. The molecule has 40 heavy (non-hydrogen) atoms. The van der Waals surface area contributed by atoms with E-state index >= 15 is 4.39 Å². The van der Waals surface area contributed by atoms with Crippen LogP contribution in [0.15, 0.2) is 16.9 Å². The van der Waals surface area contributed by atoms with Gasteiger partial charge in [0.15, 0.2) is 5.60 Å². The number of pyridine rings is 2. The Morgan fingerprint density at radius 2 is 2.00 bits per heavy atom. The molecule has 0 unspecified atom stereocenters. The summed E-state index contributed by atoms with van der Waals surface area (Å²) in [6.45, 7) is 3.50. The molecule has 1 saturated carbocycles. The summed E-state index contributed by atoms with van der Waals surface area (Å²) in [5, 5.41) is 25.9. The summed E-state index contributed by atoms with van der Waals surface area (Å²) in [6, 6.07) is 2.56. The molecule has 2 aromatic heterocycles. The van der Waals surface area contributed by atoms with Crippen LogP contribution in [0.2, 0.25) is 0 Å². The normalized spacial score (nSPS) is 23.6. The van der Waals surface area contributed by atoms with Gasteiger partial charge < -0.3 is 24.8 Å². The SMILES string of the molecule is CCC[C@@]1(O)C(=O)OCc2c1cc1n(c2=O)Cc2c-1nc1cc(F)c(C)c3c1c2[C@@H](NC(=O)C1(O)CCC1)CC3. The van der Waals surface area contributed by atoms with Gasteiger partial charge in [0, 0.05) is 22.6 Å². The van der Waals surface area contributed by atoms with Gasteiger partial charge >= 0.3 is 5.97 Å². The van der Waals surface area contributed by atoms with Crippen molar-refractivity contribution in [3.05, 3.63) is 61.7 Å². The van der Waals surface area contributed by atoms with Gasteiger partial charge in [-0.25, -0.2) is 14.2 Å². The number of carbonyl (C=O) groups is 2. The molecule has 3 N–H and O–H groups in total. The van der Waals surface area contributed by atoms with Gasteiger partial charge in [0.2, 0.25) is 0 Å². The van der Waals surface area contributed by atoms with Crippen LogP contribution in [0.3, 0.4) is 0 Å². The summed E-state index contributed by atoms with van der Waals surface area (Å²) < 4.78 is 21.8. The largest absolute Gasteiger partial charge is 0.458 e. The number of ether oxygens (including phenoxy) is 1. The van der Waals surface area contributed by atoms with E-state index in [0.29, 0.717) is 54.6 Å². The lowest BCUT2D eigenvalue weighted by Gasteiger charge is -2.37. The first-order chi connectivity index (χ1) is 19.1. The van der Waals surface area contributed by atoms with Crippen molar-refractivity contribution < 1.29 is 28.9 Å². The van der Waals surface area contributed by atoms with Crippen molar-refractivity contribution >= 4 is 22.8 Å². The van der Waals surface area contributed by atoms with Crippen LogP contribution in [0.5, 0.6) is 0 Å². The maximum atomic E-state index is 15.1. The first-order valence-corrected chi connectivity index (χ1v) is 13.9. The summed E-state index contributed by atoms with van der Waals surface area (Å²) in [4.78, 5) is 44.4. The highest BCUT2D eigenvalue weighted by Gasteiger charge is 2.47. The van der Waals surface area contributed by atoms with E-state index in [2.05, 4.69) is 5.32 Å². The summed E-state index contributed by atoms with van der Waals surface area (Å²) in [5.41, 5.74) is 0.890. The topological polar surface area (TPSA) is 131 Å². The maximum absolute atomic E-state index is 15.1. The van der Waals surface area contributed by atoms with Crippen LogP contribution in [-0.2, 0) is 39.5 Å². The van der Waals surface area contributed by atoms with Crippen molar-refractivity contribution in [2.75, 3.05) is 0 Å². The molecule has 0 bridgehead atoms. The van der Waals surface area contributed by atoms with E-state index in [1.165, 1.54) is 6.07 Å². The van der Waals surface area contributed by atoms with Crippen LogP contribution >= 0.6 is 0 Å². The van der Waals surface area contributed by atoms with Gasteiger partial charge in [0.25, 0.3) is 11.5 Å². The highest BCUT2D eigenvalue weighted by Crippen LogP contribution is 2.46. The lowest BCUT2D eigenvalue weighted by molar-refractivity contribution is -0.172. The van der Waals surface area contributed by atoms with E-state index in [1.807, 2.05) is 6.92 Å². The number of hydrogen-bond acceptors (Lipinski definition) is 7. The molecule has 4 heterocycles. The summed E-state index contributed by atoms with van der Waals surface area (Å²) >= 11 is 0. The second-order valence-corrected chi connectivity index (χ2v) is 11.7. The zero-order valence-corrected chi connectivity index (χ0v) is 22.4. The van der Waals surface area contributed by atoms with Crippen molar-refractivity contribution in [1.82, 2.24) is 14.9 Å². The van der Waals surface area contributed by atoms with E-state index in [9.17, 15) is 24.6 Å². The van der Waals surface area contributed by atoms with E-state index in [0.717, 1.165) is 28.5 Å². The number of nitrogens with zero attached hydrogens (tertiary/aromatic N) is 2. The number of nitrogens with one attached hydrogen (secondary N) is 1. The Morgan fingerprint density at radius 3 is 2.70 bits per heavy atom. The van der Waals surface area contributed by atoms with Gasteiger partial charge in [-0.15, -0.1) is 0 Å². The van der Waals surface area contributed by atoms with Gasteiger partial charge in [0.1, 0.15) is 18.0 Å². The smallest absolute Gasteiger partial charge is 0.343 e. The molecule has 2 aliphatic heterocycles. The Hall–Kier alpha value is -3.63. The Morgan fingerprint density at radius 1 is 1.23 bits per heavy atom. The second-order valence-electron chi connectivity index (χ2n) is 11.7. The number of aromatic nitrogens is 2. The number of aliphatic hydroxyl groups is 2. The van der Waals surface area contributed by atoms with Crippen LogP contribution in [-0.4, -0.2) is 37.2 Å². The number of aryl methyl sites for hydroxylation is 1. The predicted molar refractivity (Wildman–Crippen MR) is 142 cm³/mol. The Bertz CT molecular complexity index is 1730. The molecule has 0 saturated heterocycles. The Balaban J connectivity index is 1.46. The van der Waals surface area contributed by atoms with Gasteiger partial charge in [0.05, 0.1) is 35.1 Å². The minimum Gasteiger partial charge on any atom is -0.458 e. The molecule has 3 aromatic rings. The number of fused-ring (bicyclic) bond motifs is 5. The number of halogens is 1. The quantitative estimate of drug-likeness (QED) is 0.335. The molecule has 10 heteroatoms. The zero-order valence-electron chi connectivity index (χ0n) is 22.4. The average molecular weight is 548 g/mol. The molecule has 4 aliphatic rings. The van der Waals surface area contributed by atoms with Crippen LogP contribution in [0.4, 0.5) is 4.39 Å². The first-order valence-electron chi connectivity index (χ1n) is 13.9. The molecule has 1 aromatic carbocycles. The van der Waals surface area contributed by atoms with Gasteiger partial charge in [-0.2, -0.15) is 0 Å². The lowest BCUT2D eigenvalue weighted by atomic mass is 9.78. The van der Waals surface area contributed by atoms with E-state index < -0.39 is 29.1 Å². The lowest BCUT2D eigenvalue weighted by Crippen LogP contribution is -2.52. The molecule has 2 aliphatic carbocycles. The molecule has 2 atom stereocenters. The van der Waals surface area contributed by atoms with Crippen LogP contribution in [0, 0.1) is 12.7 Å². The fourth-order valence-electron chi connectivity index (χ4n) is 6.99. The highest BCUT2D eigenvalue weighted by molar-refractivity contribution is 5.94. The van der Waals surface area contributed by atoms with E-state index in [1.54, 1.807) is 17.6 Å². The molecule has 208 valence electrons.